The first-order valence-corrected chi connectivity index (χ1v) is 12.2. The smallest absolute Gasteiger partial charge is 0.338 e. The normalized spacial score (nSPS) is 15.1. The number of carbonyl (C=O) groups is 2. The lowest BCUT2D eigenvalue weighted by Gasteiger charge is -2.34. The monoisotopic (exact) mass is 480 g/mol. The summed E-state index contributed by atoms with van der Waals surface area (Å²) >= 11 is 0. The number of nitrogens with zero attached hydrogens (tertiary/aromatic N) is 1. The number of para-hydroxylation sites is 2. The molecule has 3 aromatic carbocycles. The van der Waals surface area contributed by atoms with Gasteiger partial charge >= 0.3 is 5.97 Å². The maximum Gasteiger partial charge on any atom is 0.338 e. The Kier molecular flexibility index (Phi) is 6.56. The Labute approximate surface area is 198 Å². The Morgan fingerprint density at radius 2 is 1.74 bits per heavy atom. The van der Waals surface area contributed by atoms with Gasteiger partial charge in [-0.05, 0) is 55.8 Å². The van der Waals surface area contributed by atoms with Crippen molar-refractivity contribution >= 4 is 33.3 Å². The fourth-order valence-corrected chi connectivity index (χ4v) is 5.20. The summed E-state index contributed by atoms with van der Waals surface area (Å²) in [6.45, 7) is 3.43. The van der Waals surface area contributed by atoms with Crippen LogP contribution in [0.15, 0.2) is 77.7 Å². The van der Waals surface area contributed by atoms with Crippen LogP contribution in [0.4, 0.5) is 11.4 Å². The van der Waals surface area contributed by atoms with Gasteiger partial charge in [-0.15, -0.1) is 0 Å². The van der Waals surface area contributed by atoms with Gasteiger partial charge in [0.05, 0.1) is 29.3 Å². The van der Waals surface area contributed by atoms with Gasteiger partial charge in [0.1, 0.15) is 5.75 Å². The van der Waals surface area contributed by atoms with Crippen molar-refractivity contribution in [1.29, 1.82) is 0 Å². The van der Waals surface area contributed by atoms with Gasteiger partial charge in [-0.3, -0.25) is 9.10 Å². The minimum absolute atomic E-state index is 0.115. The topological polar surface area (TPSA) is 102 Å². The summed E-state index contributed by atoms with van der Waals surface area (Å²) in [5, 5.41) is 2.77. The zero-order chi connectivity index (χ0) is 24.3. The van der Waals surface area contributed by atoms with E-state index in [-0.39, 0.29) is 23.8 Å². The quantitative estimate of drug-likeness (QED) is 0.539. The summed E-state index contributed by atoms with van der Waals surface area (Å²) in [4.78, 5) is 25.5. The number of sulfonamides is 1. The van der Waals surface area contributed by atoms with Crippen molar-refractivity contribution in [2.24, 2.45) is 0 Å². The molecule has 0 unspecified atom stereocenters. The fourth-order valence-electron chi connectivity index (χ4n) is 3.70. The number of ether oxygens (including phenoxy) is 2. The second-order valence-electron chi connectivity index (χ2n) is 7.61. The van der Waals surface area contributed by atoms with Crippen molar-refractivity contribution in [3.05, 3.63) is 83.9 Å². The predicted molar refractivity (Wildman–Crippen MR) is 128 cm³/mol. The van der Waals surface area contributed by atoms with Crippen LogP contribution in [0.5, 0.6) is 5.75 Å². The van der Waals surface area contributed by atoms with Crippen molar-refractivity contribution < 1.29 is 27.5 Å². The SMILES string of the molecule is CCOC(=O)c1cccc(NC(=O)[C@H]2CN(S(=O)(=O)c3ccccc3)c3ccccc3O2)c1C. The van der Waals surface area contributed by atoms with Crippen LogP contribution in [0.2, 0.25) is 0 Å². The van der Waals surface area contributed by atoms with E-state index >= 15 is 0 Å². The van der Waals surface area contributed by atoms with Gasteiger partial charge in [0.15, 0.2) is 6.10 Å². The summed E-state index contributed by atoms with van der Waals surface area (Å²) in [7, 11) is -3.94. The van der Waals surface area contributed by atoms with E-state index < -0.39 is 28.0 Å². The van der Waals surface area contributed by atoms with Gasteiger partial charge < -0.3 is 14.8 Å². The molecule has 1 atom stereocenters. The van der Waals surface area contributed by atoms with Crippen LogP contribution >= 0.6 is 0 Å². The number of nitrogens with one attached hydrogen (secondary N) is 1. The number of carbonyl (C=O) groups excluding carboxylic acids is 2. The van der Waals surface area contributed by atoms with E-state index in [4.69, 9.17) is 9.47 Å². The second-order valence-corrected chi connectivity index (χ2v) is 9.47. The van der Waals surface area contributed by atoms with Gasteiger partial charge in [-0.2, -0.15) is 0 Å². The molecule has 1 aliphatic rings. The maximum atomic E-state index is 13.4. The summed E-state index contributed by atoms with van der Waals surface area (Å²) in [6.07, 6.45) is -1.11. The molecular weight excluding hydrogens is 456 g/mol. The molecule has 0 radical (unpaired) electrons. The van der Waals surface area contributed by atoms with Crippen LogP contribution in [0.1, 0.15) is 22.8 Å². The number of esters is 1. The third-order valence-electron chi connectivity index (χ3n) is 5.45. The molecule has 4 rings (SSSR count). The van der Waals surface area contributed by atoms with E-state index in [0.717, 1.165) is 0 Å². The van der Waals surface area contributed by atoms with Crippen molar-refractivity contribution in [2.75, 3.05) is 22.8 Å². The largest absolute Gasteiger partial charge is 0.476 e. The standard InChI is InChI=1S/C25H24N2O6S/c1-3-32-25(29)19-12-9-13-20(17(19)2)26-24(28)23-16-27(21-14-7-8-15-22(21)33-23)34(30,31)18-10-5-4-6-11-18/h4-15,23H,3,16H2,1-2H3,(H,26,28)/t23-/m1/s1. The molecule has 34 heavy (non-hydrogen) atoms. The molecule has 0 saturated heterocycles. The Balaban J connectivity index is 1.63. The fraction of sp³-hybridized carbons (Fsp3) is 0.200. The lowest BCUT2D eigenvalue weighted by molar-refractivity contribution is -0.122. The van der Waals surface area contributed by atoms with Gasteiger partial charge in [0.25, 0.3) is 15.9 Å². The van der Waals surface area contributed by atoms with Crippen LogP contribution in [0.3, 0.4) is 0 Å². The van der Waals surface area contributed by atoms with E-state index in [1.54, 1.807) is 74.5 Å². The molecule has 0 fully saturated rings. The summed E-state index contributed by atoms with van der Waals surface area (Å²) in [5.74, 6) is -0.739. The lowest BCUT2D eigenvalue weighted by Crippen LogP contribution is -2.48. The molecule has 0 spiro atoms. The Morgan fingerprint density at radius 3 is 2.47 bits per heavy atom. The van der Waals surface area contributed by atoms with Crippen LogP contribution < -0.4 is 14.4 Å². The molecule has 1 heterocycles. The molecule has 1 aliphatic heterocycles. The molecule has 0 saturated carbocycles. The summed E-state index contributed by atoms with van der Waals surface area (Å²) < 4.78 is 38.9. The molecular formula is C25H24N2O6S. The third-order valence-corrected chi connectivity index (χ3v) is 7.24. The summed E-state index contributed by atoms with van der Waals surface area (Å²) in [6, 6.07) is 19.6. The van der Waals surface area contributed by atoms with Crippen molar-refractivity contribution in [2.45, 2.75) is 24.8 Å². The molecule has 0 aliphatic carbocycles. The molecule has 1 N–H and O–H groups in total. The lowest BCUT2D eigenvalue weighted by atomic mass is 10.1. The van der Waals surface area contributed by atoms with Crippen LogP contribution in [0.25, 0.3) is 0 Å². The highest BCUT2D eigenvalue weighted by Crippen LogP contribution is 2.37. The first-order valence-electron chi connectivity index (χ1n) is 10.7. The average molecular weight is 481 g/mol. The van der Waals surface area contributed by atoms with Crippen LogP contribution in [0, 0.1) is 6.92 Å². The van der Waals surface area contributed by atoms with Crippen molar-refractivity contribution in [3.8, 4) is 5.75 Å². The second kappa shape index (κ2) is 9.56. The highest BCUT2D eigenvalue weighted by Gasteiger charge is 2.37. The number of anilines is 2. The molecule has 8 nitrogen and oxygen atoms in total. The van der Waals surface area contributed by atoms with Gasteiger partial charge in [0.2, 0.25) is 0 Å². The number of fused-ring (bicyclic) bond motifs is 1. The highest BCUT2D eigenvalue weighted by atomic mass is 32.2. The molecule has 176 valence electrons. The summed E-state index contributed by atoms with van der Waals surface area (Å²) in [5.41, 5.74) is 1.65. The number of benzene rings is 3. The molecule has 0 bridgehead atoms. The minimum atomic E-state index is -3.94. The number of hydrogen-bond donors (Lipinski definition) is 1. The Hall–Kier alpha value is -3.85. The highest BCUT2D eigenvalue weighted by molar-refractivity contribution is 7.92. The van der Waals surface area contributed by atoms with E-state index in [0.29, 0.717) is 22.5 Å². The Bertz CT molecular complexity index is 1320. The van der Waals surface area contributed by atoms with Gasteiger partial charge in [-0.1, -0.05) is 36.4 Å². The number of amides is 1. The van der Waals surface area contributed by atoms with Gasteiger partial charge in [0, 0.05) is 5.69 Å². The first-order chi connectivity index (χ1) is 16.3. The van der Waals surface area contributed by atoms with E-state index in [2.05, 4.69) is 5.32 Å². The number of hydrogen-bond acceptors (Lipinski definition) is 6. The van der Waals surface area contributed by atoms with Crippen LogP contribution in [-0.4, -0.2) is 39.5 Å². The van der Waals surface area contributed by atoms with Crippen LogP contribution in [-0.2, 0) is 19.6 Å². The third kappa shape index (κ3) is 4.47. The van der Waals surface area contributed by atoms with Crippen molar-refractivity contribution in [3.63, 3.8) is 0 Å². The van der Waals surface area contributed by atoms with E-state index in [1.807, 2.05) is 0 Å². The van der Waals surface area contributed by atoms with E-state index in [1.165, 1.54) is 16.4 Å². The first kappa shape index (κ1) is 23.3. The van der Waals surface area contributed by atoms with Crippen molar-refractivity contribution in [1.82, 2.24) is 0 Å². The zero-order valence-electron chi connectivity index (χ0n) is 18.7. The molecule has 3 aromatic rings. The predicted octanol–water partition coefficient (Wildman–Crippen LogP) is 3.77. The molecule has 1 amide bonds. The maximum absolute atomic E-state index is 13.4. The number of rotatable bonds is 6. The van der Waals surface area contributed by atoms with Gasteiger partial charge in [-0.25, -0.2) is 13.2 Å². The Morgan fingerprint density at radius 1 is 1.03 bits per heavy atom. The zero-order valence-corrected chi connectivity index (χ0v) is 19.5. The average Bonchev–Trinajstić information content (AvgIpc) is 2.85. The minimum Gasteiger partial charge on any atom is -0.476 e. The van der Waals surface area contributed by atoms with E-state index in [9.17, 15) is 18.0 Å². The molecule has 9 heteroatoms. The molecule has 0 aromatic heterocycles.